The van der Waals surface area contributed by atoms with E-state index in [1.54, 1.807) is 19.1 Å². The van der Waals surface area contributed by atoms with Crippen molar-refractivity contribution in [3.63, 3.8) is 0 Å². The lowest BCUT2D eigenvalue weighted by Crippen LogP contribution is -1.96. The smallest absolute Gasteiger partial charge is 0.294 e. The van der Waals surface area contributed by atoms with Crippen LogP contribution in [0.15, 0.2) is 64.6 Å². The minimum absolute atomic E-state index is 0.0666. The maximum atomic E-state index is 10.5. The predicted octanol–water partition coefficient (Wildman–Crippen LogP) is 3.13. The lowest BCUT2D eigenvalue weighted by atomic mass is 10.1. The van der Waals surface area contributed by atoms with Crippen LogP contribution in [0.4, 0.5) is 0 Å². The number of oxime groups is 1. The monoisotopic (exact) mass is 307 g/mol. The summed E-state index contributed by atoms with van der Waals surface area (Å²) >= 11 is 0. The first-order valence-electron chi connectivity index (χ1n) is 6.13. The second kappa shape index (κ2) is 7.56. The van der Waals surface area contributed by atoms with Crippen molar-refractivity contribution in [2.45, 2.75) is 18.7 Å². The van der Waals surface area contributed by atoms with Crippen molar-refractivity contribution in [2.75, 3.05) is 0 Å². The fraction of sp³-hybridized carbons (Fsp3) is 0.133. The molecule has 0 saturated heterocycles. The van der Waals surface area contributed by atoms with Gasteiger partial charge in [-0.15, -0.1) is 0 Å². The van der Waals surface area contributed by atoms with Crippen LogP contribution in [0.25, 0.3) is 0 Å². The summed E-state index contributed by atoms with van der Waals surface area (Å²) in [6, 6.07) is 15.5. The van der Waals surface area contributed by atoms with E-state index in [1.807, 2.05) is 37.3 Å². The highest BCUT2D eigenvalue weighted by Crippen LogP contribution is 2.08. The molecule has 0 unspecified atom stereocenters. The van der Waals surface area contributed by atoms with Crippen LogP contribution in [0.2, 0.25) is 0 Å². The average molecular weight is 307 g/mol. The van der Waals surface area contributed by atoms with Crippen LogP contribution in [-0.4, -0.2) is 23.9 Å². The Kier molecular flexibility index (Phi) is 6.08. The van der Waals surface area contributed by atoms with Crippen LogP contribution in [-0.2, 0) is 10.1 Å². The highest BCUT2D eigenvalue weighted by molar-refractivity contribution is 7.85. The second-order valence-corrected chi connectivity index (χ2v) is 5.76. The van der Waals surface area contributed by atoms with E-state index < -0.39 is 10.1 Å². The third kappa shape index (κ3) is 5.76. The summed E-state index contributed by atoms with van der Waals surface area (Å²) < 4.78 is 29.6. The highest BCUT2D eigenvalue weighted by atomic mass is 32.2. The van der Waals surface area contributed by atoms with E-state index in [9.17, 15) is 8.42 Å². The summed E-state index contributed by atoms with van der Waals surface area (Å²) in [5.74, 6) is 0. The van der Waals surface area contributed by atoms with Gasteiger partial charge in [-0.2, -0.15) is 8.42 Å². The fourth-order valence-electron chi connectivity index (χ4n) is 1.45. The van der Waals surface area contributed by atoms with E-state index in [0.29, 0.717) is 5.71 Å². The molecule has 0 spiro atoms. The quantitative estimate of drug-likeness (QED) is 0.386. The Labute approximate surface area is 124 Å². The number of hydrogen-bond acceptors (Lipinski definition) is 4. The second-order valence-electron chi connectivity index (χ2n) is 4.34. The number of nitrogens with zero attached hydrogens (tertiary/aromatic N) is 1. The van der Waals surface area contributed by atoms with Gasteiger partial charge in [0.25, 0.3) is 10.1 Å². The van der Waals surface area contributed by atoms with Crippen LogP contribution >= 0.6 is 0 Å². The van der Waals surface area contributed by atoms with Gasteiger partial charge in [0, 0.05) is 0 Å². The summed E-state index contributed by atoms with van der Waals surface area (Å²) in [5.41, 5.74) is 2.54. The molecule has 0 aliphatic carbocycles. The molecule has 0 radical (unpaired) electrons. The third-order valence-corrected chi connectivity index (χ3v) is 3.53. The molecule has 2 rings (SSSR count). The lowest BCUT2D eigenvalue weighted by Gasteiger charge is -1.95. The molecule has 2 aromatic rings. The Morgan fingerprint density at radius 3 is 1.95 bits per heavy atom. The molecule has 2 N–H and O–H groups in total. The highest BCUT2D eigenvalue weighted by Gasteiger charge is 2.06. The van der Waals surface area contributed by atoms with Crippen LogP contribution < -0.4 is 0 Å². The minimum atomic E-state index is -4.02. The first kappa shape index (κ1) is 16.9. The summed E-state index contributed by atoms with van der Waals surface area (Å²) in [6.45, 7) is 3.60. The normalized spacial score (nSPS) is 11.5. The van der Waals surface area contributed by atoms with Crippen molar-refractivity contribution in [2.24, 2.45) is 5.16 Å². The first-order chi connectivity index (χ1) is 9.84. The van der Waals surface area contributed by atoms with Crippen LogP contribution in [0, 0.1) is 6.92 Å². The standard InChI is InChI=1S/C8H9NO.C7H8O3S/c1-7(9-10)8-5-3-2-4-6-8;1-6-2-4-7(5-3-6)11(8,9)10/h2-6,10H,1H3;2-5H,1H3,(H,8,9,10). The topological polar surface area (TPSA) is 87.0 Å². The number of benzene rings is 2. The molecule has 0 bridgehead atoms. The van der Waals surface area contributed by atoms with Gasteiger partial charge in [-0.25, -0.2) is 0 Å². The van der Waals surface area contributed by atoms with Crippen molar-refractivity contribution in [3.05, 3.63) is 65.7 Å². The summed E-state index contributed by atoms with van der Waals surface area (Å²) in [4.78, 5) is -0.0666. The van der Waals surface area contributed by atoms with Crippen LogP contribution in [0.5, 0.6) is 0 Å². The molecule has 6 heteroatoms. The van der Waals surface area contributed by atoms with Gasteiger partial charge in [-0.1, -0.05) is 53.2 Å². The fourth-order valence-corrected chi connectivity index (χ4v) is 1.93. The predicted molar refractivity (Wildman–Crippen MR) is 81.4 cm³/mol. The zero-order valence-electron chi connectivity index (χ0n) is 11.8. The molecule has 0 fully saturated rings. The molecule has 2 aromatic carbocycles. The van der Waals surface area contributed by atoms with Crippen molar-refractivity contribution in [1.29, 1.82) is 0 Å². The van der Waals surface area contributed by atoms with Crippen molar-refractivity contribution >= 4 is 15.8 Å². The molecule has 0 atom stereocenters. The van der Waals surface area contributed by atoms with Crippen LogP contribution in [0.1, 0.15) is 18.1 Å². The molecule has 112 valence electrons. The van der Waals surface area contributed by atoms with Crippen LogP contribution in [0.3, 0.4) is 0 Å². The third-order valence-electron chi connectivity index (χ3n) is 2.66. The van der Waals surface area contributed by atoms with E-state index in [1.165, 1.54) is 12.1 Å². The summed E-state index contributed by atoms with van der Waals surface area (Å²) in [7, 11) is -4.02. The van der Waals surface area contributed by atoms with Gasteiger partial charge >= 0.3 is 0 Å². The number of rotatable bonds is 2. The zero-order chi connectivity index (χ0) is 15.9. The molecule has 0 amide bonds. The zero-order valence-corrected chi connectivity index (χ0v) is 12.6. The van der Waals surface area contributed by atoms with E-state index in [-0.39, 0.29) is 4.90 Å². The number of hydrogen-bond donors (Lipinski definition) is 2. The molecular formula is C15H17NO4S. The van der Waals surface area contributed by atoms with Gasteiger partial charge in [0.05, 0.1) is 10.6 Å². The maximum absolute atomic E-state index is 10.5. The van der Waals surface area contributed by atoms with Gasteiger partial charge < -0.3 is 5.21 Å². The van der Waals surface area contributed by atoms with Gasteiger partial charge in [-0.3, -0.25) is 4.55 Å². The van der Waals surface area contributed by atoms with Gasteiger partial charge in [0.2, 0.25) is 0 Å². The minimum Gasteiger partial charge on any atom is -0.411 e. The molecule has 5 nitrogen and oxygen atoms in total. The Balaban J connectivity index is 0.000000211. The number of aryl methyl sites for hydroxylation is 1. The van der Waals surface area contributed by atoms with Gasteiger partial charge in [0.1, 0.15) is 0 Å². The van der Waals surface area contributed by atoms with Gasteiger partial charge in [-0.05, 0) is 31.5 Å². The molecule has 0 saturated carbocycles. The Morgan fingerprint density at radius 2 is 1.52 bits per heavy atom. The molecule has 0 aliphatic rings. The maximum Gasteiger partial charge on any atom is 0.294 e. The van der Waals surface area contributed by atoms with Crippen molar-refractivity contribution in [1.82, 2.24) is 0 Å². The Hall–Kier alpha value is -2.18. The molecular weight excluding hydrogens is 290 g/mol. The van der Waals surface area contributed by atoms with E-state index in [2.05, 4.69) is 5.16 Å². The lowest BCUT2D eigenvalue weighted by molar-refractivity contribution is 0.319. The summed E-state index contributed by atoms with van der Waals surface area (Å²) in [6.07, 6.45) is 0. The Bertz CT molecular complexity index is 692. The van der Waals surface area contributed by atoms with Gasteiger partial charge in [0.15, 0.2) is 0 Å². The van der Waals surface area contributed by atoms with Crippen molar-refractivity contribution in [3.8, 4) is 0 Å². The van der Waals surface area contributed by atoms with Crippen molar-refractivity contribution < 1.29 is 18.2 Å². The molecule has 0 aliphatic heterocycles. The average Bonchev–Trinajstić information content (AvgIpc) is 2.47. The van der Waals surface area contributed by atoms with E-state index >= 15 is 0 Å². The SMILES string of the molecule is CC(=NO)c1ccccc1.Cc1ccc(S(=O)(=O)O)cc1. The Morgan fingerprint density at radius 1 is 1.00 bits per heavy atom. The van der Waals surface area contributed by atoms with E-state index in [0.717, 1.165) is 11.1 Å². The summed E-state index contributed by atoms with van der Waals surface area (Å²) in [5, 5.41) is 11.5. The first-order valence-corrected chi connectivity index (χ1v) is 7.57. The molecule has 0 aromatic heterocycles. The molecule has 0 heterocycles. The molecule has 21 heavy (non-hydrogen) atoms. The van der Waals surface area contributed by atoms with E-state index in [4.69, 9.17) is 9.76 Å². The largest absolute Gasteiger partial charge is 0.411 e.